The van der Waals surface area contributed by atoms with Gasteiger partial charge in [-0.1, -0.05) is 49.9 Å². The summed E-state index contributed by atoms with van der Waals surface area (Å²) in [4.78, 5) is 23.9. The number of amidine groups is 1. The summed E-state index contributed by atoms with van der Waals surface area (Å²) < 4.78 is 48.1. The molecule has 1 aliphatic heterocycles. The van der Waals surface area contributed by atoms with Crippen molar-refractivity contribution in [1.82, 2.24) is 20.1 Å². The Balaban J connectivity index is 1.24. The van der Waals surface area contributed by atoms with Crippen molar-refractivity contribution >= 4 is 28.6 Å². The highest BCUT2D eigenvalue weighted by molar-refractivity contribution is 8.14. The molecule has 0 saturated carbocycles. The maximum Gasteiger partial charge on any atom is 0.573 e. The van der Waals surface area contributed by atoms with Crippen LogP contribution in [0.1, 0.15) is 50.2 Å². The number of halogens is 3. The smallest absolute Gasteiger partial charge is 0.497 e. The molecular weight excluding hydrogens is 643 g/mol. The minimum absolute atomic E-state index is 0.0619. The van der Waals surface area contributed by atoms with Crippen molar-refractivity contribution in [2.75, 3.05) is 24.3 Å². The van der Waals surface area contributed by atoms with Gasteiger partial charge in [0.1, 0.15) is 17.8 Å². The summed E-state index contributed by atoms with van der Waals surface area (Å²) in [6.07, 6.45) is -2.39. The molecule has 0 bridgehead atoms. The first kappa shape index (κ1) is 34.3. The molecule has 5 rings (SSSR count). The SMILES string of the molecule is COc1ccc(N2C(=NC(=O)NCC(C#N)c3ccc(-c4ncn(-c5ccc(OC(F)(F)F)cc5)n4)cc3)SCCC2C)c(C(C)C)c1. The maximum atomic E-state index is 13.1. The number of thioether (sulfide) groups is 1. The van der Waals surface area contributed by atoms with Crippen LogP contribution >= 0.6 is 11.8 Å². The van der Waals surface area contributed by atoms with Crippen LogP contribution in [0.5, 0.6) is 11.5 Å². The summed E-state index contributed by atoms with van der Waals surface area (Å²) in [5, 5.41) is 17.7. The van der Waals surface area contributed by atoms with E-state index in [1.165, 1.54) is 47.0 Å². The van der Waals surface area contributed by atoms with Crippen molar-refractivity contribution in [1.29, 1.82) is 5.26 Å². The van der Waals surface area contributed by atoms with Crippen molar-refractivity contribution in [2.45, 2.75) is 51.4 Å². The average molecular weight is 678 g/mol. The molecule has 1 aliphatic rings. The first-order valence-corrected chi connectivity index (χ1v) is 16.2. The number of ether oxygens (including phenoxy) is 2. The molecule has 2 heterocycles. The Morgan fingerprint density at radius 1 is 1.12 bits per heavy atom. The molecule has 1 saturated heterocycles. The van der Waals surface area contributed by atoms with Gasteiger partial charge in [-0.2, -0.15) is 10.3 Å². The second-order valence-corrected chi connectivity index (χ2v) is 12.4. The summed E-state index contributed by atoms with van der Waals surface area (Å²) in [6.45, 7) is 6.41. The van der Waals surface area contributed by atoms with Gasteiger partial charge in [-0.3, -0.25) is 0 Å². The van der Waals surface area contributed by atoms with Gasteiger partial charge in [-0.15, -0.1) is 18.3 Å². The van der Waals surface area contributed by atoms with Crippen molar-refractivity contribution in [2.24, 2.45) is 4.99 Å². The van der Waals surface area contributed by atoms with Crippen LogP contribution in [0.4, 0.5) is 23.7 Å². The quantitative estimate of drug-likeness (QED) is 0.192. The Bertz CT molecular complexity index is 1800. The number of anilines is 1. The van der Waals surface area contributed by atoms with Crippen LogP contribution in [-0.2, 0) is 0 Å². The molecule has 48 heavy (non-hydrogen) atoms. The number of hydrogen-bond donors (Lipinski definition) is 1. The first-order valence-electron chi connectivity index (χ1n) is 15.2. The number of carbonyl (C=O) groups excluding carboxylic acids is 1. The van der Waals surface area contributed by atoms with Crippen LogP contribution in [0.3, 0.4) is 0 Å². The Hall–Kier alpha value is -5.03. The molecule has 1 aromatic heterocycles. The summed E-state index contributed by atoms with van der Waals surface area (Å²) in [6, 6.07) is 20.1. The fraction of sp³-hybridized carbons (Fsp3) is 0.324. The van der Waals surface area contributed by atoms with E-state index in [1.807, 2.05) is 18.2 Å². The van der Waals surface area contributed by atoms with E-state index in [2.05, 4.69) is 56.9 Å². The lowest BCUT2D eigenvalue weighted by Gasteiger charge is -2.37. The van der Waals surface area contributed by atoms with Crippen LogP contribution in [-0.4, -0.2) is 57.8 Å². The number of nitriles is 1. The predicted molar refractivity (Wildman–Crippen MR) is 179 cm³/mol. The molecule has 1 fully saturated rings. The number of amides is 2. The molecule has 250 valence electrons. The number of rotatable bonds is 9. The summed E-state index contributed by atoms with van der Waals surface area (Å²) >= 11 is 1.53. The fourth-order valence-corrected chi connectivity index (χ4v) is 6.42. The Labute approximate surface area is 280 Å². The molecule has 10 nitrogen and oxygen atoms in total. The number of urea groups is 1. The average Bonchev–Trinajstić information content (AvgIpc) is 3.55. The fourth-order valence-electron chi connectivity index (χ4n) is 5.21. The normalized spacial score (nSPS) is 16.4. The van der Waals surface area contributed by atoms with Gasteiger partial charge in [0.05, 0.1) is 24.8 Å². The van der Waals surface area contributed by atoms with Crippen LogP contribution in [0.2, 0.25) is 0 Å². The van der Waals surface area contributed by atoms with Gasteiger partial charge >= 0.3 is 12.4 Å². The molecule has 0 aliphatic carbocycles. The largest absolute Gasteiger partial charge is 0.573 e. The van der Waals surface area contributed by atoms with E-state index >= 15 is 0 Å². The second kappa shape index (κ2) is 14.8. The lowest BCUT2D eigenvalue weighted by molar-refractivity contribution is -0.274. The first-order chi connectivity index (χ1) is 23.0. The third-order valence-corrected chi connectivity index (χ3v) is 8.72. The standard InChI is InChI=1S/C34H34F3N7O3S/c1-21(2)29-17-28(46-4)13-14-30(29)44-22(3)15-16-48-33(44)41-32(45)39-19-25(18-38)23-5-7-24(8-6-23)31-40-20-43(42-31)26-9-11-27(12-10-26)47-34(35,36)37/h5-14,17,20-22,25H,15-16,19H2,1-4H3,(H,39,45). The van der Waals surface area contributed by atoms with Gasteiger partial charge < -0.3 is 19.7 Å². The van der Waals surface area contributed by atoms with E-state index in [-0.39, 0.29) is 24.3 Å². The molecule has 0 spiro atoms. The second-order valence-electron chi connectivity index (χ2n) is 11.4. The maximum absolute atomic E-state index is 13.1. The third-order valence-electron chi connectivity index (χ3n) is 7.74. The zero-order chi connectivity index (χ0) is 34.4. The van der Waals surface area contributed by atoms with E-state index in [1.54, 1.807) is 31.4 Å². The molecule has 3 aromatic carbocycles. The molecule has 4 aromatic rings. The minimum atomic E-state index is -4.77. The van der Waals surface area contributed by atoms with Crippen molar-refractivity contribution in [3.63, 3.8) is 0 Å². The van der Waals surface area contributed by atoms with Gasteiger partial charge in [-0.05, 0) is 72.9 Å². The number of hydrogen-bond acceptors (Lipinski definition) is 7. The molecular formula is C34H34F3N7O3S. The number of methoxy groups -OCH3 is 1. The molecule has 2 amide bonds. The van der Waals surface area contributed by atoms with Crippen molar-refractivity contribution in [3.8, 4) is 34.6 Å². The Morgan fingerprint density at radius 3 is 2.48 bits per heavy atom. The third kappa shape index (κ3) is 8.27. The molecule has 14 heteroatoms. The molecule has 0 radical (unpaired) electrons. The summed E-state index contributed by atoms with van der Waals surface area (Å²) in [5.41, 5.74) is 3.94. The summed E-state index contributed by atoms with van der Waals surface area (Å²) in [7, 11) is 1.64. The molecule has 2 unspecified atom stereocenters. The van der Waals surface area contributed by atoms with Crippen LogP contribution in [0, 0.1) is 11.3 Å². The topological polar surface area (TPSA) is 118 Å². The summed E-state index contributed by atoms with van der Waals surface area (Å²) in [5.74, 6) is 1.24. The van der Waals surface area contributed by atoms with Crippen LogP contribution in [0.15, 0.2) is 78.0 Å². The molecule has 2 atom stereocenters. The van der Waals surface area contributed by atoms with Gasteiger partial charge in [0, 0.05) is 29.6 Å². The minimum Gasteiger partial charge on any atom is -0.497 e. The highest BCUT2D eigenvalue weighted by Gasteiger charge is 2.31. The number of alkyl halides is 3. The van der Waals surface area contributed by atoms with E-state index in [0.29, 0.717) is 27.8 Å². The van der Waals surface area contributed by atoms with E-state index in [0.717, 1.165) is 29.2 Å². The monoisotopic (exact) mass is 677 g/mol. The van der Waals surface area contributed by atoms with Gasteiger partial charge in [0.25, 0.3) is 0 Å². The highest BCUT2D eigenvalue weighted by Crippen LogP contribution is 2.37. The number of aliphatic imine (C=N–C) groups is 1. The van der Waals surface area contributed by atoms with Crippen molar-refractivity contribution < 1.29 is 27.4 Å². The van der Waals surface area contributed by atoms with Crippen LogP contribution < -0.4 is 19.7 Å². The van der Waals surface area contributed by atoms with Crippen LogP contribution in [0.25, 0.3) is 17.1 Å². The number of nitrogens with one attached hydrogen (secondary N) is 1. The predicted octanol–water partition coefficient (Wildman–Crippen LogP) is 7.67. The number of aromatic nitrogens is 3. The van der Waals surface area contributed by atoms with E-state index < -0.39 is 18.3 Å². The zero-order valence-corrected chi connectivity index (χ0v) is 27.5. The van der Waals surface area contributed by atoms with Crippen molar-refractivity contribution in [3.05, 3.63) is 84.2 Å². The van der Waals surface area contributed by atoms with Gasteiger partial charge in [-0.25, -0.2) is 14.5 Å². The van der Waals surface area contributed by atoms with Gasteiger partial charge in [0.2, 0.25) is 0 Å². The Kier molecular flexibility index (Phi) is 10.6. The lowest BCUT2D eigenvalue weighted by Crippen LogP contribution is -2.43. The van der Waals surface area contributed by atoms with Gasteiger partial charge in [0.15, 0.2) is 11.0 Å². The Morgan fingerprint density at radius 2 is 1.83 bits per heavy atom. The molecule has 1 N–H and O–H groups in total. The highest BCUT2D eigenvalue weighted by atomic mass is 32.2. The lowest BCUT2D eigenvalue weighted by atomic mass is 9.99. The number of nitrogens with zero attached hydrogens (tertiary/aromatic N) is 6. The number of benzene rings is 3. The number of carbonyl (C=O) groups is 1. The van der Waals surface area contributed by atoms with E-state index in [9.17, 15) is 23.2 Å². The zero-order valence-electron chi connectivity index (χ0n) is 26.7. The van der Waals surface area contributed by atoms with E-state index in [4.69, 9.17) is 4.74 Å².